The van der Waals surface area contributed by atoms with Crippen molar-refractivity contribution < 1.29 is 9.00 Å². The van der Waals surface area contributed by atoms with Crippen LogP contribution in [0, 0.1) is 17.2 Å². The molecule has 2 saturated heterocycles. The van der Waals surface area contributed by atoms with Crippen LogP contribution >= 0.6 is 0 Å². The van der Waals surface area contributed by atoms with Crippen molar-refractivity contribution in [3.8, 4) is 6.07 Å². The van der Waals surface area contributed by atoms with E-state index < -0.39 is 10.8 Å². The van der Waals surface area contributed by atoms with E-state index >= 15 is 0 Å². The summed E-state index contributed by atoms with van der Waals surface area (Å²) in [4.78, 5) is 16.5. The molecule has 5 heteroatoms. The fraction of sp³-hybridized carbons (Fsp3) is 0.533. The number of rotatable bonds is 2. The molecule has 2 aliphatic heterocycles. The van der Waals surface area contributed by atoms with Gasteiger partial charge >= 0.3 is 0 Å². The van der Waals surface area contributed by atoms with Crippen LogP contribution in [-0.4, -0.2) is 25.5 Å². The molecule has 0 N–H and O–H groups in total. The van der Waals surface area contributed by atoms with Crippen molar-refractivity contribution in [1.82, 2.24) is 4.98 Å². The minimum Gasteiger partial charge on any atom is -0.294 e. The minimum absolute atomic E-state index is 0.0445. The number of nitriles is 1. The van der Waals surface area contributed by atoms with Gasteiger partial charge in [0.1, 0.15) is 11.8 Å². The summed E-state index contributed by atoms with van der Waals surface area (Å²) >= 11 is 0. The van der Waals surface area contributed by atoms with Gasteiger partial charge in [-0.25, -0.2) is 4.98 Å². The standard InChI is InChI=1S/C15H16N2O2S/c16-9-12-6-10(4-5-17-12)15(18)11-7-13-2-1-3-14(8-11)20(13)19/h4-6,11,13-14H,1-3,7-8H2. The number of carbonyl (C=O) groups excluding carboxylic acids is 1. The molecule has 2 unspecified atom stereocenters. The molecular formula is C15H16N2O2S. The van der Waals surface area contributed by atoms with Crippen molar-refractivity contribution in [1.29, 1.82) is 5.26 Å². The normalized spacial score (nSPS) is 32.4. The van der Waals surface area contributed by atoms with E-state index in [1.165, 1.54) is 6.20 Å². The van der Waals surface area contributed by atoms with Gasteiger partial charge < -0.3 is 0 Å². The molecule has 4 nitrogen and oxygen atoms in total. The van der Waals surface area contributed by atoms with Gasteiger partial charge in [-0.2, -0.15) is 5.26 Å². The third kappa shape index (κ3) is 2.40. The first kappa shape index (κ1) is 13.4. The van der Waals surface area contributed by atoms with E-state index in [1.807, 2.05) is 6.07 Å². The SMILES string of the molecule is N#Cc1cc(C(=O)C2CC3CCCC(C2)S3=O)ccn1. The van der Waals surface area contributed by atoms with E-state index in [-0.39, 0.29) is 27.9 Å². The number of hydrogen-bond acceptors (Lipinski definition) is 4. The van der Waals surface area contributed by atoms with Gasteiger partial charge in [0.2, 0.25) is 0 Å². The third-order valence-corrected chi connectivity index (χ3v) is 6.50. The fourth-order valence-corrected chi connectivity index (χ4v) is 5.51. The van der Waals surface area contributed by atoms with Gasteiger partial charge in [-0.3, -0.25) is 9.00 Å². The highest BCUT2D eigenvalue weighted by Gasteiger charge is 2.40. The lowest BCUT2D eigenvalue weighted by Crippen LogP contribution is -2.41. The molecule has 20 heavy (non-hydrogen) atoms. The number of pyridine rings is 1. The number of ketones is 1. The van der Waals surface area contributed by atoms with Gasteiger partial charge in [0.05, 0.1) is 0 Å². The lowest BCUT2D eigenvalue weighted by Gasteiger charge is -2.37. The van der Waals surface area contributed by atoms with E-state index in [9.17, 15) is 9.00 Å². The summed E-state index contributed by atoms with van der Waals surface area (Å²) in [6, 6.07) is 5.19. The van der Waals surface area contributed by atoms with Gasteiger partial charge in [0.15, 0.2) is 5.78 Å². The van der Waals surface area contributed by atoms with Crippen LogP contribution in [0.25, 0.3) is 0 Å². The van der Waals surface area contributed by atoms with Gasteiger partial charge in [-0.15, -0.1) is 0 Å². The first-order valence-electron chi connectivity index (χ1n) is 6.99. The Kier molecular flexibility index (Phi) is 3.66. The predicted octanol–water partition coefficient (Wildman–Crippen LogP) is 2.22. The van der Waals surface area contributed by atoms with Crippen LogP contribution in [0.4, 0.5) is 0 Å². The summed E-state index contributed by atoms with van der Waals surface area (Å²) in [5, 5.41) is 9.23. The lowest BCUT2D eigenvalue weighted by atomic mass is 9.84. The Hall–Kier alpha value is -1.54. The Labute approximate surface area is 120 Å². The molecule has 2 bridgehead atoms. The number of fused-ring (bicyclic) bond motifs is 2. The van der Waals surface area contributed by atoms with Crippen LogP contribution in [-0.2, 0) is 10.8 Å². The Bertz CT molecular complexity index is 592. The molecule has 1 aromatic rings. The van der Waals surface area contributed by atoms with Gasteiger partial charge in [0, 0.05) is 39.0 Å². The second-order valence-corrected chi connectivity index (χ2v) is 7.57. The smallest absolute Gasteiger partial charge is 0.166 e. The average molecular weight is 288 g/mol. The van der Waals surface area contributed by atoms with Crippen molar-refractivity contribution in [2.75, 3.05) is 0 Å². The fourth-order valence-electron chi connectivity index (χ4n) is 3.33. The molecule has 1 aromatic heterocycles. The quantitative estimate of drug-likeness (QED) is 0.782. The van der Waals surface area contributed by atoms with Crippen LogP contribution in [0.5, 0.6) is 0 Å². The predicted molar refractivity (Wildman–Crippen MR) is 75.6 cm³/mol. The van der Waals surface area contributed by atoms with E-state index in [0.29, 0.717) is 5.56 Å². The number of hydrogen-bond donors (Lipinski definition) is 0. The topological polar surface area (TPSA) is 70.8 Å². The highest BCUT2D eigenvalue weighted by atomic mass is 32.2. The first-order valence-corrected chi connectivity index (χ1v) is 8.26. The number of aromatic nitrogens is 1. The monoisotopic (exact) mass is 288 g/mol. The largest absolute Gasteiger partial charge is 0.294 e. The molecule has 0 radical (unpaired) electrons. The molecule has 104 valence electrons. The molecule has 0 amide bonds. The average Bonchev–Trinajstić information content (AvgIpc) is 2.46. The van der Waals surface area contributed by atoms with Gasteiger partial charge in [-0.05, 0) is 37.8 Å². The van der Waals surface area contributed by atoms with Crippen molar-refractivity contribution >= 4 is 16.6 Å². The molecule has 0 aliphatic carbocycles. The van der Waals surface area contributed by atoms with Gasteiger partial charge in [-0.1, -0.05) is 6.42 Å². The van der Waals surface area contributed by atoms with E-state index in [2.05, 4.69) is 4.98 Å². The minimum atomic E-state index is -0.753. The molecular weight excluding hydrogens is 272 g/mol. The zero-order valence-electron chi connectivity index (χ0n) is 11.1. The summed E-state index contributed by atoms with van der Waals surface area (Å²) in [6.45, 7) is 0. The molecule has 3 rings (SSSR count). The molecule has 2 fully saturated rings. The number of carbonyl (C=O) groups is 1. The number of Topliss-reactive ketones (excluding diaryl/α,β-unsaturated/α-hetero) is 1. The summed E-state index contributed by atoms with van der Waals surface area (Å²) in [7, 11) is -0.753. The van der Waals surface area contributed by atoms with Crippen LogP contribution in [0.3, 0.4) is 0 Å². The van der Waals surface area contributed by atoms with E-state index in [4.69, 9.17) is 5.26 Å². The Morgan fingerprint density at radius 2 is 2.05 bits per heavy atom. The van der Waals surface area contributed by atoms with Crippen LogP contribution in [0.2, 0.25) is 0 Å². The summed E-state index contributed by atoms with van der Waals surface area (Å²) in [6.07, 6.45) is 6.06. The second kappa shape index (κ2) is 5.45. The van der Waals surface area contributed by atoms with Crippen LogP contribution in [0.15, 0.2) is 18.3 Å². The molecule has 2 aliphatic rings. The van der Waals surface area contributed by atoms with Crippen molar-refractivity contribution in [3.63, 3.8) is 0 Å². The Morgan fingerprint density at radius 1 is 1.35 bits per heavy atom. The molecule has 3 heterocycles. The maximum absolute atomic E-state index is 12.6. The number of nitrogens with zero attached hydrogens (tertiary/aromatic N) is 2. The Balaban J connectivity index is 1.81. The maximum atomic E-state index is 12.6. The van der Waals surface area contributed by atoms with Crippen LogP contribution in [0.1, 0.15) is 48.2 Å². The van der Waals surface area contributed by atoms with Crippen molar-refractivity contribution in [2.45, 2.75) is 42.6 Å². The lowest BCUT2D eigenvalue weighted by molar-refractivity contribution is 0.0895. The molecule has 0 saturated carbocycles. The molecule has 0 aromatic carbocycles. The third-order valence-electron chi connectivity index (χ3n) is 4.33. The van der Waals surface area contributed by atoms with Crippen LogP contribution < -0.4 is 0 Å². The summed E-state index contributed by atoms with van der Waals surface area (Å²) in [5.74, 6) is 0.0365. The molecule has 0 spiro atoms. The maximum Gasteiger partial charge on any atom is 0.166 e. The zero-order valence-corrected chi connectivity index (χ0v) is 11.9. The van der Waals surface area contributed by atoms with Crippen molar-refractivity contribution in [2.24, 2.45) is 5.92 Å². The zero-order chi connectivity index (χ0) is 14.1. The van der Waals surface area contributed by atoms with E-state index in [0.717, 1.165) is 32.1 Å². The summed E-state index contributed by atoms with van der Waals surface area (Å²) in [5.41, 5.74) is 0.836. The highest BCUT2D eigenvalue weighted by Crippen LogP contribution is 2.38. The Morgan fingerprint density at radius 3 is 2.70 bits per heavy atom. The van der Waals surface area contributed by atoms with E-state index in [1.54, 1.807) is 12.1 Å². The van der Waals surface area contributed by atoms with Gasteiger partial charge in [0.25, 0.3) is 0 Å². The highest BCUT2D eigenvalue weighted by molar-refractivity contribution is 7.86. The second-order valence-electron chi connectivity index (χ2n) is 5.58. The molecule has 2 atom stereocenters. The first-order chi connectivity index (χ1) is 9.69. The summed E-state index contributed by atoms with van der Waals surface area (Å²) < 4.78 is 12.2. The van der Waals surface area contributed by atoms with Crippen molar-refractivity contribution in [3.05, 3.63) is 29.6 Å².